The van der Waals surface area contributed by atoms with Crippen LogP contribution in [0, 0.1) is 0 Å². The first kappa shape index (κ1) is 13.4. The third-order valence-electron chi connectivity index (χ3n) is 2.20. The number of nitrogen functional groups attached to an aromatic ring is 1. The number of carbonyl (C=O) groups excluding carboxylic acids is 1. The van der Waals surface area contributed by atoms with Crippen molar-refractivity contribution in [1.82, 2.24) is 20.1 Å². The third kappa shape index (κ3) is 2.73. The molecule has 1 heterocycles. The van der Waals surface area contributed by atoms with E-state index >= 15 is 0 Å². The van der Waals surface area contributed by atoms with Gasteiger partial charge in [-0.25, -0.2) is 5.01 Å². The lowest BCUT2D eigenvalue weighted by Crippen LogP contribution is -2.44. The van der Waals surface area contributed by atoms with Crippen molar-refractivity contribution in [2.45, 2.75) is 13.8 Å². The number of hydrogen-bond donors (Lipinski definition) is 2. The molecule has 1 amide bonds. The summed E-state index contributed by atoms with van der Waals surface area (Å²) in [7, 11) is 1.63. The Morgan fingerprint density at radius 1 is 1.65 bits per heavy atom. The average Bonchev–Trinajstić information content (AvgIpc) is 2.61. The summed E-state index contributed by atoms with van der Waals surface area (Å²) in [6.45, 7) is 3.87. The largest absolute Gasteiger partial charge is 0.383 e. The highest BCUT2D eigenvalue weighted by Crippen LogP contribution is 2.13. The van der Waals surface area contributed by atoms with Crippen molar-refractivity contribution in [2.24, 2.45) is 7.05 Å². The minimum atomic E-state index is -0.478. The van der Waals surface area contributed by atoms with Crippen LogP contribution in [0.5, 0.6) is 0 Å². The summed E-state index contributed by atoms with van der Waals surface area (Å²) in [5, 5.41) is 14.8. The van der Waals surface area contributed by atoms with E-state index in [9.17, 15) is 10.0 Å². The van der Waals surface area contributed by atoms with Gasteiger partial charge in [0.25, 0.3) is 5.91 Å². The van der Waals surface area contributed by atoms with Crippen molar-refractivity contribution in [2.75, 3.05) is 18.9 Å². The Bertz CT molecular complexity index is 392. The number of aromatic nitrogens is 2. The summed E-state index contributed by atoms with van der Waals surface area (Å²) >= 11 is 0. The second kappa shape index (κ2) is 5.62. The molecule has 0 aliphatic rings. The van der Waals surface area contributed by atoms with Gasteiger partial charge in [-0.1, -0.05) is 0 Å². The highest BCUT2D eigenvalue weighted by molar-refractivity contribution is 5.97. The number of hydrazine groups is 1. The lowest BCUT2D eigenvalue weighted by molar-refractivity contribution is -0.422. The molecule has 0 saturated carbocycles. The van der Waals surface area contributed by atoms with Gasteiger partial charge in [-0.15, -0.1) is 0 Å². The standard InChI is InChI=1S/C9H17N5O3/c1-4-13(14(16)17-5-2)9(15)7-6-11-12(3)8(7)10/h6,16H,4-5,10H2,1-3H3. The molecular weight excluding hydrogens is 226 g/mol. The van der Waals surface area contributed by atoms with Crippen molar-refractivity contribution in [3.63, 3.8) is 0 Å². The number of nitrogens with zero attached hydrogens (tertiary/aromatic N) is 4. The van der Waals surface area contributed by atoms with E-state index in [2.05, 4.69) is 5.10 Å². The first-order chi connectivity index (χ1) is 8.02. The quantitative estimate of drug-likeness (QED) is 0.708. The van der Waals surface area contributed by atoms with Gasteiger partial charge in [0.1, 0.15) is 11.4 Å². The highest BCUT2D eigenvalue weighted by Gasteiger charge is 2.24. The Morgan fingerprint density at radius 2 is 2.29 bits per heavy atom. The van der Waals surface area contributed by atoms with Crippen LogP contribution >= 0.6 is 0 Å². The van der Waals surface area contributed by atoms with Gasteiger partial charge in [0.15, 0.2) is 0 Å². The van der Waals surface area contributed by atoms with Crippen LogP contribution in [-0.4, -0.2) is 44.4 Å². The second-order valence-corrected chi connectivity index (χ2v) is 3.26. The lowest BCUT2D eigenvalue weighted by Gasteiger charge is -2.26. The van der Waals surface area contributed by atoms with Crippen LogP contribution in [0.1, 0.15) is 24.2 Å². The van der Waals surface area contributed by atoms with Crippen LogP contribution in [0.4, 0.5) is 5.82 Å². The predicted molar refractivity (Wildman–Crippen MR) is 59.6 cm³/mol. The van der Waals surface area contributed by atoms with E-state index in [1.165, 1.54) is 10.9 Å². The number of rotatable bonds is 5. The van der Waals surface area contributed by atoms with Gasteiger partial charge in [-0.2, -0.15) is 5.10 Å². The van der Waals surface area contributed by atoms with E-state index in [0.717, 1.165) is 5.01 Å². The summed E-state index contributed by atoms with van der Waals surface area (Å²) in [5.74, 6) is -0.243. The molecule has 0 fully saturated rings. The van der Waals surface area contributed by atoms with Crippen LogP contribution in [0.15, 0.2) is 6.20 Å². The molecule has 0 radical (unpaired) electrons. The fourth-order valence-corrected chi connectivity index (χ4v) is 1.28. The molecule has 0 saturated heterocycles. The van der Waals surface area contributed by atoms with Gasteiger partial charge >= 0.3 is 0 Å². The van der Waals surface area contributed by atoms with E-state index in [-0.39, 0.29) is 24.5 Å². The molecule has 1 rings (SSSR count). The topological polar surface area (TPSA) is 96.9 Å². The maximum atomic E-state index is 12.0. The molecule has 0 unspecified atom stereocenters. The Labute approximate surface area is 99.0 Å². The van der Waals surface area contributed by atoms with Gasteiger partial charge in [0, 0.05) is 18.9 Å². The molecule has 96 valence electrons. The van der Waals surface area contributed by atoms with E-state index in [1.807, 2.05) is 0 Å². The van der Waals surface area contributed by atoms with Gasteiger partial charge in [-0.3, -0.25) is 19.5 Å². The Morgan fingerprint density at radius 3 is 2.71 bits per heavy atom. The highest BCUT2D eigenvalue weighted by atomic mass is 16.9. The van der Waals surface area contributed by atoms with Crippen LogP contribution in [0.25, 0.3) is 0 Å². The normalized spacial score (nSPS) is 10.9. The number of carbonyl (C=O) groups is 1. The molecule has 0 atom stereocenters. The van der Waals surface area contributed by atoms with Crippen molar-refractivity contribution in [3.8, 4) is 0 Å². The van der Waals surface area contributed by atoms with Crippen LogP contribution in [0.2, 0.25) is 0 Å². The number of amides is 1. The van der Waals surface area contributed by atoms with E-state index < -0.39 is 5.91 Å². The zero-order valence-corrected chi connectivity index (χ0v) is 10.1. The van der Waals surface area contributed by atoms with Crippen molar-refractivity contribution < 1.29 is 14.8 Å². The Kier molecular flexibility index (Phi) is 4.44. The molecular formula is C9H17N5O3. The van der Waals surface area contributed by atoms with E-state index in [1.54, 1.807) is 20.9 Å². The molecule has 0 aliphatic carbocycles. The summed E-state index contributed by atoms with van der Waals surface area (Å²) in [4.78, 5) is 16.8. The first-order valence-electron chi connectivity index (χ1n) is 5.24. The van der Waals surface area contributed by atoms with Gasteiger partial charge in [0.2, 0.25) is 0 Å². The summed E-state index contributed by atoms with van der Waals surface area (Å²) in [6, 6.07) is 0. The molecule has 1 aromatic rings. The average molecular weight is 243 g/mol. The fourth-order valence-electron chi connectivity index (χ4n) is 1.28. The molecule has 0 spiro atoms. The molecule has 17 heavy (non-hydrogen) atoms. The van der Waals surface area contributed by atoms with E-state index in [0.29, 0.717) is 5.34 Å². The van der Waals surface area contributed by atoms with Crippen LogP contribution < -0.4 is 5.73 Å². The smallest absolute Gasteiger partial charge is 0.277 e. The second-order valence-electron chi connectivity index (χ2n) is 3.26. The number of aryl methyl sites for hydroxylation is 1. The van der Waals surface area contributed by atoms with Crippen molar-refractivity contribution in [3.05, 3.63) is 11.8 Å². The molecule has 0 aliphatic heterocycles. The third-order valence-corrected chi connectivity index (χ3v) is 2.20. The Hall–Kier alpha value is -1.64. The van der Waals surface area contributed by atoms with Crippen LogP contribution in [0.3, 0.4) is 0 Å². The predicted octanol–water partition coefficient (Wildman–Crippen LogP) is 0.0221. The molecule has 8 heteroatoms. The summed E-state index contributed by atoms with van der Waals surface area (Å²) < 4.78 is 1.38. The minimum absolute atomic E-state index is 0.216. The monoisotopic (exact) mass is 243 g/mol. The molecule has 0 bridgehead atoms. The maximum Gasteiger partial charge on any atom is 0.277 e. The fraction of sp³-hybridized carbons (Fsp3) is 0.556. The van der Waals surface area contributed by atoms with E-state index in [4.69, 9.17) is 10.6 Å². The maximum absolute atomic E-state index is 12.0. The van der Waals surface area contributed by atoms with Gasteiger partial charge < -0.3 is 5.73 Å². The van der Waals surface area contributed by atoms with Gasteiger partial charge in [0.05, 0.1) is 12.8 Å². The summed E-state index contributed by atoms with van der Waals surface area (Å²) in [6.07, 6.45) is 1.35. The lowest BCUT2D eigenvalue weighted by atomic mass is 10.3. The van der Waals surface area contributed by atoms with Crippen molar-refractivity contribution >= 4 is 11.7 Å². The zero-order chi connectivity index (χ0) is 13.0. The number of anilines is 1. The number of hydrogen-bond acceptors (Lipinski definition) is 6. The molecule has 3 N–H and O–H groups in total. The van der Waals surface area contributed by atoms with Gasteiger partial charge in [-0.05, 0) is 13.8 Å². The minimum Gasteiger partial charge on any atom is -0.383 e. The SMILES string of the molecule is CCON(O)N(CC)C(=O)c1cnn(C)c1N. The molecule has 0 aromatic carbocycles. The van der Waals surface area contributed by atoms with Crippen molar-refractivity contribution in [1.29, 1.82) is 0 Å². The van der Waals surface area contributed by atoms with Crippen LogP contribution in [-0.2, 0) is 11.9 Å². The summed E-state index contributed by atoms with van der Waals surface area (Å²) in [5.41, 5.74) is 5.90. The number of nitrogens with two attached hydrogens (primary N) is 1. The Balaban J connectivity index is 2.90. The molecule has 8 nitrogen and oxygen atoms in total. The first-order valence-corrected chi connectivity index (χ1v) is 5.24. The molecule has 1 aromatic heterocycles. The zero-order valence-electron chi connectivity index (χ0n) is 10.1.